The van der Waals surface area contributed by atoms with E-state index in [4.69, 9.17) is 4.42 Å². The van der Waals surface area contributed by atoms with Crippen molar-refractivity contribution in [2.45, 2.75) is 12.3 Å². The molecule has 148 valence electrons. The van der Waals surface area contributed by atoms with Crippen LogP contribution in [-0.4, -0.2) is 58.0 Å². The Morgan fingerprint density at radius 1 is 1.00 bits per heavy atom. The van der Waals surface area contributed by atoms with Gasteiger partial charge in [0.15, 0.2) is 11.5 Å². The lowest BCUT2D eigenvalue weighted by molar-refractivity contribution is -0.134. The summed E-state index contributed by atoms with van der Waals surface area (Å²) in [6.07, 6.45) is 2.50. The van der Waals surface area contributed by atoms with E-state index in [1.165, 1.54) is 5.56 Å². The molecule has 1 saturated carbocycles. The maximum Gasteiger partial charge on any atom is 0.274 e. The summed E-state index contributed by atoms with van der Waals surface area (Å²) in [7, 11) is 0. The molecule has 0 spiro atoms. The van der Waals surface area contributed by atoms with Gasteiger partial charge in [0, 0.05) is 38.2 Å². The molecule has 1 aliphatic carbocycles. The van der Waals surface area contributed by atoms with Crippen LogP contribution in [0.15, 0.2) is 59.2 Å². The standard InChI is InChI=1S/C22H22N4O3/c27-21(17-13-16(17)15-5-2-1-3-6-15)25-8-10-26(11-9-25)22(28)19-14-18(23-24-19)20-7-4-12-29-20/h1-7,12,14,16-17H,8-11,13H2,(H,23,24)/t16-,17+/m1/s1. The smallest absolute Gasteiger partial charge is 0.274 e. The molecule has 7 heteroatoms. The lowest BCUT2D eigenvalue weighted by atomic mass is 10.1. The van der Waals surface area contributed by atoms with E-state index in [0.29, 0.717) is 49.2 Å². The number of piperazine rings is 1. The van der Waals surface area contributed by atoms with Crippen molar-refractivity contribution in [3.8, 4) is 11.5 Å². The molecule has 1 N–H and O–H groups in total. The first-order valence-electron chi connectivity index (χ1n) is 9.93. The normalized spacial score (nSPS) is 21.2. The Morgan fingerprint density at radius 3 is 2.48 bits per heavy atom. The van der Waals surface area contributed by atoms with Gasteiger partial charge in [-0.25, -0.2) is 0 Å². The third-order valence-electron chi connectivity index (χ3n) is 5.80. The molecule has 0 bridgehead atoms. The molecule has 2 amide bonds. The van der Waals surface area contributed by atoms with E-state index in [1.807, 2.05) is 29.2 Å². The van der Waals surface area contributed by atoms with Gasteiger partial charge in [-0.2, -0.15) is 5.10 Å². The van der Waals surface area contributed by atoms with Crippen molar-refractivity contribution in [1.82, 2.24) is 20.0 Å². The van der Waals surface area contributed by atoms with Crippen molar-refractivity contribution >= 4 is 11.8 Å². The number of aromatic amines is 1. The third-order valence-corrected chi connectivity index (χ3v) is 5.80. The quantitative estimate of drug-likeness (QED) is 0.743. The van der Waals surface area contributed by atoms with Gasteiger partial charge in [0.1, 0.15) is 5.69 Å². The molecule has 1 aromatic carbocycles. The predicted octanol–water partition coefficient (Wildman–Crippen LogP) is 2.76. The van der Waals surface area contributed by atoms with E-state index < -0.39 is 0 Å². The summed E-state index contributed by atoms with van der Waals surface area (Å²) in [4.78, 5) is 29.2. The van der Waals surface area contributed by atoms with Gasteiger partial charge in [0.05, 0.1) is 6.26 Å². The Kier molecular flexibility index (Phi) is 4.42. The van der Waals surface area contributed by atoms with Crippen LogP contribution < -0.4 is 0 Å². The molecule has 0 radical (unpaired) electrons. The minimum absolute atomic E-state index is 0.0850. The Balaban J connectivity index is 1.17. The molecule has 5 rings (SSSR count). The van der Waals surface area contributed by atoms with Crippen LogP contribution in [-0.2, 0) is 4.79 Å². The fraction of sp³-hybridized carbons (Fsp3) is 0.318. The number of carbonyl (C=O) groups excluding carboxylic acids is 2. The molecule has 1 aliphatic heterocycles. The van der Waals surface area contributed by atoms with Gasteiger partial charge in [-0.05, 0) is 30.0 Å². The van der Waals surface area contributed by atoms with Crippen LogP contribution in [0.25, 0.3) is 11.5 Å². The zero-order valence-corrected chi connectivity index (χ0v) is 16.0. The summed E-state index contributed by atoms with van der Waals surface area (Å²) in [5.74, 6) is 1.16. The number of hydrogen-bond donors (Lipinski definition) is 1. The summed E-state index contributed by atoms with van der Waals surface area (Å²) in [6, 6.07) is 15.5. The van der Waals surface area contributed by atoms with Crippen LogP contribution in [0.4, 0.5) is 0 Å². The molecule has 29 heavy (non-hydrogen) atoms. The molecule has 2 aromatic heterocycles. The second-order valence-electron chi connectivity index (χ2n) is 7.62. The van der Waals surface area contributed by atoms with Crippen molar-refractivity contribution in [3.63, 3.8) is 0 Å². The van der Waals surface area contributed by atoms with E-state index in [-0.39, 0.29) is 17.7 Å². The summed E-state index contributed by atoms with van der Waals surface area (Å²) >= 11 is 0. The monoisotopic (exact) mass is 390 g/mol. The van der Waals surface area contributed by atoms with Crippen LogP contribution in [0.5, 0.6) is 0 Å². The number of aromatic nitrogens is 2. The van der Waals surface area contributed by atoms with Crippen LogP contribution >= 0.6 is 0 Å². The van der Waals surface area contributed by atoms with Crippen molar-refractivity contribution < 1.29 is 14.0 Å². The maximum absolute atomic E-state index is 12.8. The number of hydrogen-bond acceptors (Lipinski definition) is 4. The summed E-state index contributed by atoms with van der Waals surface area (Å²) in [6.45, 7) is 2.18. The Morgan fingerprint density at radius 2 is 1.76 bits per heavy atom. The van der Waals surface area contributed by atoms with Crippen molar-refractivity contribution in [1.29, 1.82) is 0 Å². The fourth-order valence-corrected chi connectivity index (χ4v) is 4.05. The lowest BCUT2D eigenvalue weighted by Gasteiger charge is -2.34. The van der Waals surface area contributed by atoms with Gasteiger partial charge in [0.2, 0.25) is 5.91 Å². The van der Waals surface area contributed by atoms with Crippen LogP contribution in [0.3, 0.4) is 0 Å². The molecule has 2 aliphatic rings. The number of amides is 2. The second-order valence-corrected chi connectivity index (χ2v) is 7.62. The molecule has 2 atom stereocenters. The van der Waals surface area contributed by atoms with Gasteiger partial charge in [-0.3, -0.25) is 14.7 Å². The van der Waals surface area contributed by atoms with E-state index in [0.717, 1.165) is 6.42 Å². The first kappa shape index (κ1) is 17.7. The third kappa shape index (κ3) is 3.44. The van der Waals surface area contributed by atoms with Gasteiger partial charge in [-0.1, -0.05) is 30.3 Å². The molecule has 2 fully saturated rings. The molecular weight excluding hydrogens is 368 g/mol. The minimum Gasteiger partial charge on any atom is -0.463 e. The Labute approximate surface area is 168 Å². The fourth-order valence-electron chi connectivity index (χ4n) is 4.05. The highest BCUT2D eigenvalue weighted by atomic mass is 16.3. The van der Waals surface area contributed by atoms with Crippen LogP contribution in [0.1, 0.15) is 28.4 Å². The van der Waals surface area contributed by atoms with Gasteiger partial charge < -0.3 is 14.2 Å². The van der Waals surface area contributed by atoms with Crippen LogP contribution in [0, 0.1) is 5.92 Å². The summed E-state index contributed by atoms with van der Waals surface area (Å²) in [5.41, 5.74) is 2.28. The second kappa shape index (κ2) is 7.24. The Bertz CT molecular complexity index is 1000. The molecule has 0 unspecified atom stereocenters. The van der Waals surface area contributed by atoms with Crippen molar-refractivity contribution in [2.24, 2.45) is 5.92 Å². The van der Waals surface area contributed by atoms with E-state index >= 15 is 0 Å². The van der Waals surface area contributed by atoms with Gasteiger partial charge in [-0.15, -0.1) is 0 Å². The minimum atomic E-state index is -0.125. The van der Waals surface area contributed by atoms with E-state index in [2.05, 4.69) is 22.3 Å². The van der Waals surface area contributed by atoms with Crippen molar-refractivity contribution in [3.05, 3.63) is 66.1 Å². The topological polar surface area (TPSA) is 82.4 Å². The zero-order valence-electron chi connectivity index (χ0n) is 16.0. The lowest BCUT2D eigenvalue weighted by Crippen LogP contribution is -2.51. The highest BCUT2D eigenvalue weighted by Crippen LogP contribution is 2.48. The number of rotatable bonds is 4. The zero-order chi connectivity index (χ0) is 19.8. The van der Waals surface area contributed by atoms with Crippen LogP contribution in [0.2, 0.25) is 0 Å². The number of furan rings is 1. The largest absolute Gasteiger partial charge is 0.463 e. The van der Waals surface area contributed by atoms with E-state index in [1.54, 1.807) is 23.3 Å². The number of nitrogens with one attached hydrogen (secondary N) is 1. The van der Waals surface area contributed by atoms with Gasteiger partial charge >= 0.3 is 0 Å². The highest BCUT2D eigenvalue weighted by Gasteiger charge is 2.46. The number of H-pyrrole nitrogens is 1. The molecular formula is C22H22N4O3. The van der Waals surface area contributed by atoms with E-state index in [9.17, 15) is 9.59 Å². The molecule has 7 nitrogen and oxygen atoms in total. The van der Waals surface area contributed by atoms with Gasteiger partial charge in [0.25, 0.3) is 5.91 Å². The predicted molar refractivity (Wildman–Crippen MR) is 106 cm³/mol. The first-order chi connectivity index (χ1) is 14.2. The summed E-state index contributed by atoms with van der Waals surface area (Å²) < 4.78 is 5.33. The molecule has 1 saturated heterocycles. The number of nitrogens with zero attached hydrogens (tertiary/aromatic N) is 3. The van der Waals surface area contributed by atoms with Crippen molar-refractivity contribution in [2.75, 3.05) is 26.2 Å². The average Bonchev–Trinajstić information content (AvgIpc) is 3.15. The summed E-state index contributed by atoms with van der Waals surface area (Å²) in [5, 5.41) is 6.97. The Hall–Kier alpha value is -3.35. The molecule has 3 heterocycles. The number of carbonyl (C=O) groups is 2. The first-order valence-corrected chi connectivity index (χ1v) is 9.93. The SMILES string of the molecule is O=C(c1cc(-c2ccco2)[nH]n1)N1CCN(C(=O)[C@H]2C[C@@H]2c2ccccc2)CC1. The molecule has 3 aromatic rings. The average molecular weight is 390 g/mol. The highest BCUT2D eigenvalue weighted by molar-refractivity contribution is 5.93. The maximum atomic E-state index is 12.8. The number of benzene rings is 1.